The average Bonchev–Trinajstić information content (AvgIpc) is 2.85. The predicted molar refractivity (Wildman–Crippen MR) is 125 cm³/mol. The molecule has 4 rings (SSSR count). The van der Waals surface area contributed by atoms with E-state index in [2.05, 4.69) is 50.3 Å². The number of anilines is 1. The number of nitrogens with one attached hydrogen (secondary N) is 1. The van der Waals surface area contributed by atoms with Gasteiger partial charge in [-0.05, 0) is 43.7 Å². The number of nitrogens with two attached hydrogens (primary N) is 1. The fourth-order valence-corrected chi connectivity index (χ4v) is 2.89. The minimum absolute atomic E-state index is 0.679. The second-order valence-electron chi connectivity index (χ2n) is 6.04. The molecule has 0 saturated heterocycles. The summed E-state index contributed by atoms with van der Waals surface area (Å²) in [5.41, 5.74) is 7.63. The molecule has 3 heterocycles. The van der Waals surface area contributed by atoms with Gasteiger partial charge in [0, 0.05) is 36.1 Å². The first-order chi connectivity index (χ1) is 14.9. The predicted octanol–water partition coefficient (Wildman–Crippen LogP) is 4.73. The average molecular weight is 403 g/mol. The van der Waals surface area contributed by atoms with E-state index in [-0.39, 0.29) is 0 Å². The molecule has 0 saturated carbocycles. The summed E-state index contributed by atoms with van der Waals surface area (Å²) in [5, 5.41) is 4.46. The lowest BCUT2D eigenvalue weighted by molar-refractivity contribution is 0.860. The van der Waals surface area contributed by atoms with Crippen molar-refractivity contribution < 1.29 is 0 Å². The summed E-state index contributed by atoms with van der Waals surface area (Å²) in [6.45, 7) is 4.85. The zero-order chi connectivity index (χ0) is 21.6. The molecule has 0 aliphatic rings. The van der Waals surface area contributed by atoms with E-state index in [1.54, 1.807) is 24.8 Å². The molecule has 0 spiro atoms. The minimum Gasteiger partial charge on any atom is -0.369 e. The van der Waals surface area contributed by atoms with Crippen molar-refractivity contribution >= 4 is 16.7 Å². The summed E-state index contributed by atoms with van der Waals surface area (Å²) in [5.74, 6) is 1.52. The maximum Gasteiger partial charge on any atom is 0.162 e. The third-order valence-electron chi connectivity index (χ3n) is 4.22. The molecule has 0 aliphatic heterocycles. The Bertz CT molecular complexity index is 990. The number of hydrogen-bond acceptors (Lipinski definition) is 6. The van der Waals surface area contributed by atoms with Gasteiger partial charge in [-0.25, -0.2) is 9.97 Å². The number of hydrogen-bond donors (Lipinski definition) is 2. The third kappa shape index (κ3) is 6.32. The van der Waals surface area contributed by atoms with E-state index in [1.165, 1.54) is 12.6 Å². The zero-order valence-electron chi connectivity index (χ0n) is 17.9. The molecule has 3 N–H and O–H groups in total. The molecule has 6 heteroatoms. The van der Waals surface area contributed by atoms with Gasteiger partial charge in [-0.2, -0.15) is 0 Å². The van der Waals surface area contributed by atoms with Crippen LogP contribution in [-0.2, 0) is 6.42 Å². The number of pyridine rings is 2. The van der Waals surface area contributed by atoms with Crippen molar-refractivity contribution in [2.24, 2.45) is 5.73 Å². The lowest BCUT2D eigenvalue weighted by Crippen LogP contribution is -2.07. The molecule has 3 aromatic heterocycles. The molecule has 0 bridgehead atoms. The zero-order valence-corrected chi connectivity index (χ0v) is 17.9. The minimum atomic E-state index is 0.679. The highest BCUT2D eigenvalue weighted by Crippen LogP contribution is 2.24. The fraction of sp³-hybridized carbons (Fsp3) is 0.250. The molecular weight excluding hydrogens is 372 g/mol. The number of aromatic nitrogens is 4. The Labute approximate surface area is 178 Å². The summed E-state index contributed by atoms with van der Waals surface area (Å²) in [6.07, 6.45) is 9.11. The largest absolute Gasteiger partial charge is 0.369 e. The van der Waals surface area contributed by atoms with Gasteiger partial charge in [-0.1, -0.05) is 44.2 Å². The van der Waals surface area contributed by atoms with Crippen LogP contribution in [0.5, 0.6) is 0 Å². The normalized spacial score (nSPS) is 9.73. The number of rotatable bonds is 6. The van der Waals surface area contributed by atoms with Crippen LogP contribution in [0.4, 0.5) is 5.82 Å². The van der Waals surface area contributed by atoms with E-state index in [0.29, 0.717) is 5.82 Å². The number of fused-ring (bicyclic) bond motifs is 1. The monoisotopic (exact) mass is 402 g/mol. The quantitative estimate of drug-likeness (QED) is 0.453. The molecule has 6 nitrogen and oxygen atoms in total. The van der Waals surface area contributed by atoms with Gasteiger partial charge in [0.15, 0.2) is 5.82 Å². The van der Waals surface area contributed by atoms with Crippen molar-refractivity contribution in [2.75, 3.05) is 18.9 Å². The van der Waals surface area contributed by atoms with Gasteiger partial charge < -0.3 is 11.1 Å². The van der Waals surface area contributed by atoms with E-state index in [4.69, 9.17) is 4.98 Å². The standard InChI is InChI=1S/C21H19N5.C2H6.CH5N/c1-2-5-16(6-3-1)7-4-11-24-21-18-10-14-23-15-19(18)25-20(26-21)17-8-12-22-13-9-17;2*1-2/h1-3,5-6,8-10,12-15H,4,7,11H2,(H,24,25,26);1-2H3;2H2,1H3. The Morgan fingerprint density at radius 3 is 2.27 bits per heavy atom. The van der Waals surface area contributed by atoms with Crippen molar-refractivity contribution in [3.63, 3.8) is 0 Å². The Kier molecular flexibility index (Phi) is 9.89. The maximum absolute atomic E-state index is 4.74. The molecule has 4 aromatic rings. The molecule has 0 aliphatic carbocycles. The van der Waals surface area contributed by atoms with Crippen LogP contribution in [-0.4, -0.2) is 33.5 Å². The van der Waals surface area contributed by atoms with E-state index in [1.807, 2.05) is 38.1 Å². The molecule has 30 heavy (non-hydrogen) atoms. The molecule has 0 atom stereocenters. The van der Waals surface area contributed by atoms with Crippen LogP contribution in [0.15, 0.2) is 73.3 Å². The van der Waals surface area contributed by atoms with Crippen molar-refractivity contribution in [3.05, 3.63) is 78.9 Å². The highest BCUT2D eigenvalue weighted by molar-refractivity contribution is 5.89. The number of nitrogens with zero attached hydrogens (tertiary/aromatic N) is 4. The maximum atomic E-state index is 4.74. The summed E-state index contributed by atoms with van der Waals surface area (Å²) in [4.78, 5) is 17.6. The Balaban J connectivity index is 0.000000757. The summed E-state index contributed by atoms with van der Waals surface area (Å²) < 4.78 is 0. The summed E-state index contributed by atoms with van der Waals surface area (Å²) in [7, 11) is 1.50. The third-order valence-corrected chi connectivity index (χ3v) is 4.22. The van der Waals surface area contributed by atoms with Crippen molar-refractivity contribution in [3.8, 4) is 11.4 Å². The van der Waals surface area contributed by atoms with E-state index in [0.717, 1.165) is 41.7 Å². The van der Waals surface area contributed by atoms with Crippen LogP contribution >= 0.6 is 0 Å². The van der Waals surface area contributed by atoms with Gasteiger partial charge in [0.25, 0.3) is 0 Å². The Morgan fingerprint density at radius 1 is 0.833 bits per heavy atom. The van der Waals surface area contributed by atoms with Crippen molar-refractivity contribution in [2.45, 2.75) is 26.7 Å². The Hall–Kier alpha value is -3.38. The van der Waals surface area contributed by atoms with E-state index < -0.39 is 0 Å². The van der Waals surface area contributed by atoms with Crippen molar-refractivity contribution in [1.82, 2.24) is 19.9 Å². The molecule has 0 radical (unpaired) electrons. The van der Waals surface area contributed by atoms with Crippen LogP contribution < -0.4 is 11.1 Å². The Morgan fingerprint density at radius 2 is 1.53 bits per heavy atom. The van der Waals surface area contributed by atoms with Gasteiger partial charge in [0.2, 0.25) is 0 Å². The highest BCUT2D eigenvalue weighted by atomic mass is 15.0. The fourth-order valence-electron chi connectivity index (χ4n) is 2.89. The first kappa shape index (κ1) is 22.9. The lowest BCUT2D eigenvalue weighted by atomic mass is 10.1. The topological polar surface area (TPSA) is 89.6 Å². The molecule has 0 unspecified atom stereocenters. The smallest absolute Gasteiger partial charge is 0.162 e. The van der Waals surface area contributed by atoms with Crippen LogP contribution in [0.2, 0.25) is 0 Å². The van der Waals surface area contributed by atoms with E-state index >= 15 is 0 Å². The number of benzene rings is 1. The van der Waals surface area contributed by atoms with Crippen LogP contribution in [0, 0.1) is 0 Å². The summed E-state index contributed by atoms with van der Waals surface area (Å²) in [6, 6.07) is 16.3. The molecule has 0 amide bonds. The van der Waals surface area contributed by atoms with Gasteiger partial charge in [-0.3, -0.25) is 9.97 Å². The first-order valence-electron chi connectivity index (χ1n) is 10.3. The van der Waals surface area contributed by atoms with Crippen molar-refractivity contribution in [1.29, 1.82) is 0 Å². The molecule has 1 aromatic carbocycles. The first-order valence-corrected chi connectivity index (χ1v) is 10.3. The molecular formula is C24H30N6. The molecule has 0 fully saturated rings. The van der Waals surface area contributed by atoms with Crippen LogP contribution in [0.25, 0.3) is 22.3 Å². The second kappa shape index (κ2) is 13.0. The van der Waals surface area contributed by atoms with Gasteiger partial charge in [0.1, 0.15) is 5.82 Å². The van der Waals surface area contributed by atoms with E-state index in [9.17, 15) is 0 Å². The number of aryl methyl sites for hydroxylation is 1. The second-order valence-corrected chi connectivity index (χ2v) is 6.04. The van der Waals surface area contributed by atoms with Crippen LogP contribution in [0.1, 0.15) is 25.8 Å². The van der Waals surface area contributed by atoms with Gasteiger partial charge in [-0.15, -0.1) is 0 Å². The van der Waals surface area contributed by atoms with Gasteiger partial charge >= 0.3 is 0 Å². The highest BCUT2D eigenvalue weighted by Gasteiger charge is 2.09. The lowest BCUT2D eigenvalue weighted by Gasteiger charge is -2.11. The van der Waals surface area contributed by atoms with Crippen LogP contribution in [0.3, 0.4) is 0 Å². The van der Waals surface area contributed by atoms with Gasteiger partial charge in [0.05, 0.1) is 11.7 Å². The summed E-state index contributed by atoms with van der Waals surface area (Å²) >= 11 is 0. The molecule has 156 valence electrons. The SMILES string of the molecule is CC.CN.c1ccc(CCCNc2nc(-c3ccncc3)nc3cnccc23)cc1.